The molecule has 0 aliphatic heterocycles. The molecule has 21 nitrogen and oxygen atoms in total. The van der Waals surface area contributed by atoms with Crippen molar-refractivity contribution in [1.82, 2.24) is 19.5 Å². The van der Waals surface area contributed by atoms with Crippen LogP contribution < -0.4 is 86.1 Å². The summed E-state index contributed by atoms with van der Waals surface area (Å²) in [4.78, 5) is 35.7. The number of anilines is 4. The average Bonchev–Trinajstić information content (AvgIpc) is 2.99. The summed E-state index contributed by atoms with van der Waals surface area (Å²) in [6.07, 6.45) is 0. The Bertz CT molecular complexity index is 2470. The fourth-order valence-corrected chi connectivity index (χ4v) is 6.61. The van der Waals surface area contributed by atoms with Crippen molar-refractivity contribution in [3.8, 4) is 5.88 Å². The maximum Gasteiger partial charge on any atom is 1.00 e. The molecular formula is C26H24ClN9Na2O12S3. The van der Waals surface area contributed by atoms with Gasteiger partial charge in [-0.15, -0.1) is 10.2 Å². The number of carbonyl (C=O) groups excluding carboxylic acids is 1. The van der Waals surface area contributed by atoms with Gasteiger partial charge < -0.3 is 30.6 Å². The summed E-state index contributed by atoms with van der Waals surface area (Å²) >= 11 is 6.05. The van der Waals surface area contributed by atoms with Crippen LogP contribution >= 0.6 is 11.6 Å². The third-order valence-electron chi connectivity index (χ3n) is 6.58. The van der Waals surface area contributed by atoms with E-state index in [1.54, 1.807) is 0 Å². The average molecular weight is 832 g/mol. The number of azo groups is 1. The van der Waals surface area contributed by atoms with Crippen molar-refractivity contribution < 1.29 is 108 Å². The zero-order valence-electron chi connectivity index (χ0n) is 28.0. The number of pyridine rings is 1. The van der Waals surface area contributed by atoms with Crippen molar-refractivity contribution in [3.63, 3.8) is 0 Å². The van der Waals surface area contributed by atoms with Gasteiger partial charge in [-0.3, -0.25) is 14.1 Å². The van der Waals surface area contributed by atoms with E-state index < -0.39 is 81.9 Å². The minimum absolute atomic E-state index is 0. The number of nitrogens with one attached hydrogen (secondary N) is 2. The van der Waals surface area contributed by atoms with Gasteiger partial charge >= 0.3 is 69.5 Å². The predicted octanol–water partition coefficient (Wildman–Crippen LogP) is -4.40. The van der Waals surface area contributed by atoms with Gasteiger partial charge in [0.05, 0.1) is 27.7 Å². The molecule has 5 N–H and O–H groups in total. The molecule has 4 aromatic rings. The fraction of sp³-hybridized carbons (Fsp3) is 0.192. The van der Waals surface area contributed by atoms with Crippen molar-refractivity contribution in [3.05, 3.63) is 69.2 Å². The second-order valence-corrected chi connectivity index (χ2v) is 14.9. The molecule has 0 bridgehead atoms. The van der Waals surface area contributed by atoms with Gasteiger partial charge in [0.1, 0.15) is 15.8 Å². The summed E-state index contributed by atoms with van der Waals surface area (Å²) in [7, 11) is -14.1. The molecule has 0 aliphatic carbocycles. The van der Waals surface area contributed by atoms with Crippen LogP contribution in [0.1, 0.15) is 22.8 Å². The van der Waals surface area contributed by atoms with Gasteiger partial charge in [0.15, 0.2) is 15.5 Å². The zero-order chi connectivity index (χ0) is 37.9. The standard InChI is InChI=1S/C26H26ClN9O12S3.2Na/c1-3-36-22(38)19(21(28)37)13(2)20(23(36)39)35-34-17-12-15(7-8-18(17)50(42,43)44)30-26-32-24(27)31-25(33-26)29-14-5-4-6-16(11-14)49(40,41)10-9-48-51(45,46)47;;/h4-8,11-12,38H,3,9-10H2,1-2H3,(H2,28,37)(H,42,43,44)(H,45,46,47)(H2,29,30,31,32,33);;/q;2*+1/p-2. The topological polar surface area (TPSA) is 331 Å². The second-order valence-electron chi connectivity index (χ2n) is 10.0. The van der Waals surface area contributed by atoms with Crippen LogP contribution in [0.2, 0.25) is 5.28 Å². The van der Waals surface area contributed by atoms with Crippen molar-refractivity contribution in [2.24, 2.45) is 16.0 Å². The van der Waals surface area contributed by atoms with E-state index in [1.165, 1.54) is 38.1 Å². The van der Waals surface area contributed by atoms with Crippen LogP contribution in [0.5, 0.6) is 5.88 Å². The smallest absolute Gasteiger partial charge is 0.859 e. The third-order valence-corrected chi connectivity index (χ3v) is 9.78. The quantitative estimate of drug-likeness (QED) is 0.0529. The summed E-state index contributed by atoms with van der Waals surface area (Å²) in [6, 6.07) is 8.22. The van der Waals surface area contributed by atoms with Crippen LogP contribution in [-0.2, 0) is 41.1 Å². The number of aromatic nitrogens is 4. The minimum Gasteiger partial charge on any atom is -0.859 e. The number of halogens is 1. The molecule has 272 valence electrons. The number of benzene rings is 2. The molecule has 1 amide bonds. The van der Waals surface area contributed by atoms with Crippen LogP contribution in [0.3, 0.4) is 0 Å². The van der Waals surface area contributed by atoms with Gasteiger partial charge in [-0.2, -0.15) is 23.4 Å². The van der Waals surface area contributed by atoms with E-state index in [0.29, 0.717) is 4.57 Å². The molecule has 0 atom stereocenters. The van der Waals surface area contributed by atoms with Crippen LogP contribution in [0.25, 0.3) is 0 Å². The van der Waals surface area contributed by atoms with E-state index in [1.807, 2.05) is 0 Å². The molecule has 27 heteroatoms. The molecule has 0 spiro atoms. The number of nitrogens with two attached hydrogens (primary N) is 1. The Morgan fingerprint density at radius 2 is 1.60 bits per heavy atom. The van der Waals surface area contributed by atoms with Crippen molar-refractivity contribution in [2.75, 3.05) is 23.0 Å². The molecular weight excluding hydrogens is 808 g/mol. The van der Waals surface area contributed by atoms with Gasteiger partial charge in [0.2, 0.25) is 23.1 Å². The first kappa shape index (κ1) is 46.0. The first-order chi connectivity index (χ1) is 23.7. The first-order valence-corrected chi connectivity index (χ1v) is 18.7. The molecule has 0 radical (unpaired) electrons. The van der Waals surface area contributed by atoms with Crippen LogP contribution in [0.4, 0.5) is 34.6 Å². The third kappa shape index (κ3) is 11.9. The summed E-state index contributed by atoms with van der Waals surface area (Å²) in [5.74, 6) is -3.34. The van der Waals surface area contributed by atoms with Crippen LogP contribution in [0.15, 0.2) is 67.3 Å². The van der Waals surface area contributed by atoms with Crippen molar-refractivity contribution in [1.29, 1.82) is 0 Å². The SMILES string of the molecule is CCn1c([O-])c(C(N)=O)c(C)c(N=Nc2cc(Nc3nc(Cl)nc(Nc4cccc(S(=O)(=O)CCOS(=O)(=O)O)c4)n3)ccc2S(=O)(=O)[O-])c1=O.[Na+].[Na+]. The fourth-order valence-electron chi connectivity index (χ4n) is 4.33. The molecule has 0 saturated carbocycles. The summed E-state index contributed by atoms with van der Waals surface area (Å²) in [5, 5.41) is 25.2. The van der Waals surface area contributed by atoms with Gasteiger partial charge in [0.25, 0.3) is 5.56 Å². The molecule has 0 unspecified atom stereocenters. The van der Waals surface area contributed by atoms with Crippen molar-refractivity contribution >= 4 is 82.5 Å². The number of carbonyl (C=O) groups is 1. The van der Waals surface area contributed by atoms with E-state index in [4.69, 9.17) is 21.9 Å². The molecule has 2 aromatic carbocycles. The molecule has 53 heavy (non-hydrogen) atoms. The number of nitrogens with zero attached hydrogens (tertiary/aromatic N) is 6. The van der Waals surface area contributed by atoms with E-state index in [-0.39, 0.29) is 105 Å². The monoisotopic (exact) mass is 831 g/mol. The van der Waals surface area contributed by atoms with Gasteiger partial charge in [-0.1, -0.05) is 6.07 Å². The molecule has 2 aromatic heterocycles. The normalized spacial score (nSPS) is 11.8. The van der Waals surface area contributed by atoms with Crippen LogP contribution in [-0.4, -0.2) is 72.1 Å². The predicted molar refractivity (Wildman–Crippen MR) is 175 cm³/mol. The minimum atomic E-state index is -5.16. The van der Waals surface area contributed by atoms with Gasteiger partial charge in [-0.25, -0.2) is 21.0 Å². The first-order valence-electron chi connectivity index (χ1n) is 13.9. The molecule has 0 saturated heterocycles. The number of hydrogen-bond acceptors (Lipinski definition) is 18. The Hall–Kier alpha value is -3.11. The zero-order valence-corrected chi connectivity index (χ0v) is 35.2. The van der Waals surface area contributed by atoms with E-state index >= 15 is 0 Å². The van der Waals surface area contributed by atoms with E-state index in [0.717, 1.165) is 18.2 Å². The number of primary amides is 1. The summed E-state index contributed by atoms with van der Waals surface area (Å²) < 4.78 is 96.1. The number of amides is 1. The Kier molecular flexibility index (Phi) is 16.1. The largest absolute Gasteiger partial charge is 1.00 e. The van der Waals surface area contributed by atoms with Gasteiger partial charge in [-0.05, 0) is 73.3 Å². The Morgan fingerprint density at radius 3 is 2.15 bits per heavy atom. The second kappa shape index (κ2) is 18.5. The van der Waals surface area contributed by atoms with E-state index in [9.17, 15) is 44.5 Å². The summed E-state index contributed by atoms with van der Waals surface area (Å²) in [6.45, 7) is 1.66. The Labute approximate surface area is 350 Å². The maximum absolute atomic E-state index is 12.9. The number of hydrogen-bond donors (Lipinski definition) is 4. The molecule has 4 rings (SSSR count). The number of rotatable bonds is 14. The Morgan fingerprint density at radius 1 is 1.00 bits per heavy atom. The Balaban J connectivity index is 0.00000486. The van der Waals surface area contributed by atoms with Crippen LogP contribution in [0, 0.1) is 6.92 Å². The van der Waals surface area contributed by atoms with Gasteiger partial charge in [0, 0.05) is 17.9 Å². The van der Waals surface area contributed by atoms with E-state index in [2.05, 4.69) is 40.0 Å². The maximum atomic E-state index is 12.9. The number of sulfone groups is 1. The van der Waals surface area contributed by atoms with Crippen molar-refractivity contribution in [2.45, 2.75) is 30.2 Å². The molecule has 0 fully saturated rings. The molecule has 0 aliphatic rings. The summed E-state index contributed by atoms with van der Waals surface area (Å²) in [5.41, 5.74) is 2.67. The molecule has 2 heterocycles.